The minimum Gasteiger partial charge on any atom is -0.496 e. The molecule has 27 heavy (non-hydrogen) atoms. The maximum Gasteiger partial charge on any atom is 0.252 e. The van der Waals surface area contributed by atoms with Gasteiger partial charge in [-0.2, -0.15) is 0 Å². The van der Waals surface area contributed by atoms with Crippen LogP contribution in [0.1, 0.15) is 53.2 Å². The summed E-state index contributed by atoms with van der Waals surface area (Å²) in [6.45, 7) is 2.99. The number of ether oxygens (including phenoxy) is 1. The molecule has 1 aliphatic heterocycles. The summed E-state index contributed by atoms with van der Waals surface area (Å²) in [6.07, 6.45) is 4.73. The van der Waals surface area contributed by atoms with Crippen molar-refractivity contribution in [2.45, 2.75) is 44.2 Å². The Morgan fingerprint density at radius 3 is 2.81 bits per heavy atom. The van der Waals surface area contributed by atoms with Gasteiger partial charge in [-0.25, -0.2) is 0 Å². The van der Waals surface area contributed by atoms with Gasteiger partial charge >= 0.3 is 0 Å². The van der Waals surface area contributed by atoms with Gasteiger partial charge in [-0.3, -0.25) is 4.79 Å². The molecule has 142 valence electrons. The van der Waals surface area contributed by atoms with E-state index < -0.39 is 0 Å². The molecule has 3 unspecified atom stereocenters. The highest BCUT2D eigenvalue weighted by Crippen LogP contribution is 2.45. The van der Waals surface area contributed by atoms with E-state index >= 15 is 0 Å². The van der Waals surface area contributed by atoms with Crippen LogP contribution < -0.4 is 15.4 Å². The third kappa shape index (κ3) is 3.34. The molecule has 2 bridgehead atoms. The molecule has 0 radical (unpaired) electrons. The molecule has 2 fully saturated rings. The summed E-state index contributed by atoms with van der Waals surface area (Å²) >= 11 is 0. The summed E-state index contributed by atoms with van der Waals surface area (Å²) < 4.78 is 5.40. The van der Waals surface area contributed by atoms with Crippen LogP contribution in [0.2, 0.25) is 0 Å². The number of benzene rings is 2. The Kier molecular flexibility index (Phi) is 4.92. The summed E-state index contributed by atoms with van der Waals surface area (Å²) in [6, 6.07) is 16.0. The standard InChI is InChI=1S/C23H28N2O2/c1-16-19(11-6-12-20(16)27-2)22(26)25-21(18-9-4-3-5-10-18)23-13-7-8-17(14-23)15-24-23/h3-6,9-12,17,21,24H,7-8,13-15H2,1-2H3,(H,25,26). The molecular formula is C23H28N2O2. The molecule has 4 heteroatoms. The van der Waals surface area contributed by atoms with Crippen LogP contribution in [0.15, 0.2) is 48.5 Å². The molecule has 1 aliphatic carbocycles. The zero-order valence-corrected chi connectivity index (χ0v) is 16.1. The van der Waals surface area contributed by atoms with Gasteiger partial charge in [0.1, 0.15) is 5.75 Å². The summed E-state index contributed by atoms with van der Waals surface area (Å²) in [5, 5.41) is 7.16. The normalized spacial score (nSPS) is 25.0. The molecular weight excluding hydrogens is 336 g/mol. The number of carbonyl (C=O) groups is 1. The zero-order chi connectivity index (χ0) is 18.9. The van der Waals surface area contributed by atoms with Gasteiger partial charge in [0.25, 0.3) is 5.91 Å². The van der Waals surface area contributed by atoms with E-state index in [1.54, 1.807) is 7.11 Å². The van der Waals surface area contributed by atoms with Crippen molar-refractivity contribution in [2.24, 2.45) is 5.92 Å². The zero-order valence-electron chi connectivity index (χ0n) is 16.1. The molecule has 3 atom stereocenters. The number of carbonyl (C=O) groups excluding carboxylic acids is 1. The van der Waals surface area contributed by atoms with E-state index in [1.807, 2.05) is 31.2 Å². The molecule has 1 saturated heterocycles. The van der Waals surface area contributed by atoms with Crippen molar-refractivity contribution in [2.75, 3.05) is 13.7 Å². The van der Waals surface area contributed by atoms with Crippen LogP contribution in [0.25, 0.3) is 0 Å². The van der Waals surface area contributed by atoms with Crippen molar-refractivity contribution in [3.8, 4) is 5.75 Å². The molecule has 2 aromatic carbocycles. The van der Waals surface area contributed by atoms with Crippen molar-refractivity contribution in [3.05, 3.63) is 65.2 Å². The largest absolute Gasteiger partial charge is 0.496 e. The van der Waals surface area contributed by atoms with E-state index in [0.717, 1.165) is 36.6 Å². The number of methoxy groups -OCH3 is 1. The average Bonchev–Trinajstić information content (AvgIpc) is 3.01. The van der Waals surface area contributed by atoms with Gasteiger partial charge < -0.3 is 15.4 Å². The summed E-state index contributed by atoms with van der Waals surface area (Å²) in [4.78, 5) is 13.2. The predicted molar refractivity (Wildman–Crippen MR) is 107 cm³/mol. The lowest BCUT2D eigenvalue weighted by atomic mass is 9.73. The predicted octanol–water partition coefficient (Wildman–Crippen LogP) is 4.01. The van der Waals surface area contributed by atoms with Crippen LogP contribution in [0.5, 0.6) is 5.75 Å². The molecule has 1 saturated carbocycles. The number of amides is 1. The van der Waals surface area contributed by atoms with Gasteiger partial charge in [0.2, 0.25) is 0 Å². The lowest BCUT2D eigenvalue weighted by Crippen LogP contribution is -2.52. The van der Waals surface area contributed by atoms with Crippen molar-refractivity contribution in [3.63, 3.8) is 0 Å². The topological polar surface area (TPSA) is 50.4 Å². The number of hydrogen-bond donors (Lipinski definition) is 2. The van der Waals surface area contributed by atoms with Crippen LogP contribution in [0.4, 0.5) is 0 Å². The Balaban J connectivity index is 1.67. The number of rotatable bonds is 5. The smallest absolute Gasteiger partial charge is 0.252 e. The summed E-state index contributed by atoms with van der Waals surface area (Å²) in [5.41, 5.74) is 2.67. The maximum absolute atomic E-state index is 13.2. The van der Waals surface area contributed by atoms with Crippen LogP contribution >= 0.6 is 0 Å². The first-order valence-corrected chi connectivity index (χ1v) is 9.87. The van der Waals surface area contributed by atoms with E-state index in [-0.39, 0.29) is 17.5 Å². The van der Waals surface area contributed by atoms with Crippen LogP contribution in [0.3, 0.4) is 0 Å². The average molecular weight is 364 g/mol. The van der Waals surface area contributed by atoms with Crippen LogP contribution in [0, 0.1) is 12.8 Å². The molecule has 1 heterocycles. The first kappa shape index (κ1) is 18.1. The number of hydrogen-bond acceptors (Lipinski definition) is 3. The second-order valence-corrected chi connectivity index (χ2v) is 7.95. The highest BCUT2D eigenvalue weighted by molar-refractivity contribution is 5.96. The highest BCUT2D eigenvalue weighted by Gasteiger charge is 2.48. The second kappa shape index (κ2) is 7.35. The second-order valence-electron chi connectivity index (χ2n) is 7.95. The minimum absolute atomic E-state index is 0.0366. The third-order valence-electron chi connectivity index (χ3n) is 6.34. The first-order valence-electron chi connectivity index (χ1n) is 9.87. The highest BCUT2D eigenvalue weighted by atomic mass is 16.5. The molecule has 4 rings (SSSR count). The summed E-state index contributed by atoms with van der Waals surface area (Å²) in [5.74, 6) is 1.43. The Morgan fingerprint density at radius 1 is 1.22 bits per heavy atom. The fourth-order valence-corrected chi connectivity index (χ4v) is 4.95. The van der Waals surface area contributed by atoms with E-state index in [2.05, 4.69) is 34.9 Å². The Bertz CT molecular complexity index is 816. The lowest BCUT2D eigenvalue weighted by Gasteiger charge is -2.41. The quantitative estimate of drug-likeness (QED) is 0.843. The SMILES string of the molecule is COc1cccc(C(=O)NC(c2ccccc2)C23CCCC(CN2)C3)c1C. The molecule has 2 N–H and O–H groups in total. The number of nitrogens with one attached hydrogen (secondary N) is 2. The molecule has 4 nitrogen and oxygen atoms in total. The van der Waals surface area contributed by atoms with Crippen LogP contribution in [-0.2, 0) is 0 Å². The van der Waals surface area contributed by atoms with E-state index in [0.29, 0.717) is 5.56 Å². The molecule has 0 spiro atoms. The van der Waals surface area contributed by atoms with Crippen LogP contribution in [-0.4, -0.2) is 25.1 Å². The van der Waals surface area contributed by atoms with Crippen molar-refractivity contribution in [1.82, 2.24) is 10.6 Å². The van der Waals surface area contributed by atoms with E-state index in [4.69, 9.17) is 4.74 Å². The molecule has 2 aromatic rings. The van der Waals surface area contributed by atoms with E-state index in [9.17, 15) is 4.79 Å². The van der Waals surface area contributed by atoms with Gasteiger partial charge in [0.05, 0.1) is 13.2 Å². The van der Waals surface area contributed by atoms with Gasteiger partial charge in [0.15, 0.2) is 0 Å². The van der Waals surface area contributed by atoms with Gasteiger partial charge in [-0.05, 0) is 56.3 Å². The third-order valence-corrected chi connectivity index (χ3v) is 6.34. The monoisotopic (exact) mass is 364 g/mol. The Hall–Kier alpha value is -2.33. The van der Waals surface area contributed by atoms with Crippen molar-refractivity contribution >= 4 is 5.91 Å². The van der Waals surface area contributed by atoms with Gasteiger partial charge in [-0.1, -0.05) is 42.8 Å². The Morgan fingerprint density at radius 2 is 2.04 bits per heavy atom. The van der Waals surface area contributed by atoms with Crippen molar-refractivity contribution < 1.29 is 9.53 Å². The minimum atomic E-state index is -0.0489. The van der Waals surface area contributed by atoms with Gasteiger partial charge in [0, 0.05) is 16.7 Å². The molecule has 0 aromatic heterocycles. The lowest BCUT2D eigenvalue weighted by molar-refractivity contribution is 0.0891. The van der Waals surface area contributed by atoms with Gasteiger partial charge in [-0.15, -0.1) is 0 Å². The van der Waals surface area contributed by atoms with E-state index in [1.165, 1.54) is 18.4 Å². The molecule has 2 aliphatic rings. The number of fused-ring (bicyclic) bond motifs is 2. The fourth-order valence-electron chi connectivity index (χ4n) is 4.95. The Labute approximate surface area is 161 Å². The molecule has 1 amide bonds. The fraction of sp³-hybridized carbons (Fsp3) is 0.435. The van der Waals surface area contributed by atoms with Crippen molar-refractivity contribution in [1.29, 1.82) is 0 Å². The summed E-state index contributed by atoms with van der Waals surface area (Å²) in [7, 11) is 1.64. The first-order chi connectivity index (χ1) is 13.1. The maximum atomic E-state index is 13.2.